The van der Waals surface area contributed by atoms with E-state index in [0.717, 1.165) is 25.7 Å². The van der Waals surface area contributed by atoms with Crippen molar-refractivity contribution in [2.45, 2.75) is 44.7 Å². The van der Waals surface area contributed by atoms with E-state index in [4.69, 9.17) is 0 Å². The Morgan fingerprint density at radius 2 is 1.95 bits per heavy atom. The molecule has 2 aliphatic rings. The van der Waals surface area contributed by atoms with Gasteiger partial charge in [-0.25, -0.2) is 0 Å². The van der Waals surface area contributed by atoms with Crippen LogP contribution in [0.5, 0.6) is 0 Å². The van der Waals surface area contributed by atoms with E-state index in [1.165, 1.54) is 12.5 Å². The van der Waals surface area contributed by atoms with Crippen LogP contribution in [0.3, 0.4) is 0 Å². The first kappa shape index (κ1) is 13.5. The van der Waals surface area contributed by atoms with Crippen molar-refractivity contribution in [3.05, 3.63) is 37.8 Å². The number of hydrogen-bond acceptors (Lipinski definition) is 3. The molecule has 1 heterocycles. The predicted octanol–water partition coefficient (Wildman–Crippen LogP) is 3.65. The fourth-order valence-corrected chi connectivity index (χ4v) is 3.67. The minimum Gasteiger partial charge on any atom is -0.331 e. The summed E-state index contributed by atoms with van der Waals surface area (Å²) in [5.74, 6) is -0.0590. The quantitative estimate of drug-likeness (QED) is 0.610. The molecule has 0 radical (unpaired) electrons. The van der Waals surface area contributed by atoms with Crippen molar-refractivity contribution in [2.75, 3.05) is 0 Å². The van der Waals surface area contributed by atoms with E-state index in [-0.39, 0.29) is 17.6 Å². The lowest BCUT2D eigenvalue weighted by molar-refractivity contribution is -0.385. The van der Waals surface area contributed by atoms with Crippen LogP contribution in [0, 0.1) is 10.1 Å². The van der Waals surface area contributed by atoms with E-state index in [1.54, 1.807) is 6.07 Å². The lowest BCUT2D eigenvalue weighted by atomic mass is 9.94. The van der Waals surface area contributed by atoms with Gasteiger partial charge in [-0.1, -0.05) is 35.2 Å². The Hall–Kier alpha value is -1.43. The average Bonchev–Trinajstić information content (AvgIpc) is 2.76. The third kappa shape index (κ3) is 2.22. The van der Waals surface area contributed by atoms with Crippen LogP contribution in [0.25, 0.3) is 0 Å². The van der Waals surface area contributed by atoms with Crippen molar-refractivity contribution >= 4 is 27.5 Å². The van der Waals surface area contributed by atoms with Crippen molar-refractivity contribution in [1.82, 2.24) is 4.90 Å². The molecule has 3 rings (SSSR count). The van der Waals surface area contributed by atoms with E-state index >= 15 is 0 Å². The molecular weight excluding hydrogens is 324 g/mol. The number of fused-ring (bicyclic) bond motifs is 1. The topological polar surface area (TPSA) is 63.4 Å². The minimum atomic E-state index is -0.402. The second-order valence-electron chi connectivity index (χ2n) is 5.43. The third-order valence-corrected chi connectivity index (χ3v) is 4.68. The standard InChI is InChI=1S/C14H15BrN2O3/c15-9-6-11-12(13(7-9)17(19)20)8-16(14(11)18)10-4-2-1-3-5-10/h6-7,10H,1-5,8H2. The molecule has 0 spiro atoms. The number of halogens is 1. The van der Waals surface area contributed by atoms with Crippen LogP contribution in [-0.4, -0.2) is 21.8 Å². The van der Waals surface area contributed by atoms with Crippen molar-refractivity contribution in [3.8, 4) is 0 Å². The number of nitro benzene ring substituents is 1. The first-order valence-electron chi connectivity index (χ1n) is 6.85. The summed E-state index contributed by atoms with van der Waals surface area (Å²) < 4.78 is 0.585. The molecule has 1 aliphatic carbocycles. The molecule has 1 aliphatic heterocycles. The van der Waals surface area contributed by atoms with Gasteiger partial charge in [-0.3, -0.25) is 14.9 Å². The maximum atomic E-state index is 12.5. The van der Waals surface area contributed by atoms with E-state index < -0.39 is 4.92 Å². The maximum Gasteiger partial charge on any atom is 0.276 e. The van der Waals surface area contributed by atoms with E-state index in [2.05, 4.69) is 15.9 Å². The summed E-state index contributed by atoms with van der Waals surface area (Å²) in [4.78, 5) is 25.1. The van der Waals surface area contributed by atoms with Gasteiger partial charge < -0.3 is 4.90 Å². The molecule has 0 saturated heterocycles. The second kappa shape index (κ2) is 5.16. The fourth-order valence-electron chi connectivity index (χ4n) is 3.23. The van der Waals surface area contributed by atoms with Gasteiger partial charge in [-0.2, -0.15) is 0 Å². The molecule has 0 aromatic heterocycles. The van der Waals surface area contributed by atoms with Crippen molar-refractivity contribution in [1.29, 1.82) is 0 Å². The number of rotatable bonds is 2. The van der Waals surface area contributed by atoms with Crippen LogP contribution in [0.2, 0.25) is 0 Å². The third-order valence-electron chi connectivity index (χ3n) is 4.22. The van der Waals surface area contributed by atoms with Gasteiger partial charge in [0.05, 0.1) is 22.6 Å². The van der Waals surface area contributed by atoms with Crippen LogP contribution in [0.4, 0.5) is 5.69 Å². The normalized spacial score (nSPS) is 19.2. The number of nitrogens with zero attached hydrogens (tertiary/aromatic N) is 2. The summed E-state index contributed by atoms with van der Waals surface area (Å²) in [5.41, 5.74) is 1.09. The average molecular weight is 339 g/mol. The molecule has 0 bridgehead atoms. The molecule has 20 heavy (non-hydrogen) atoms. The number of hydrogen-bond donors (Lipinski definition) is 0. The van der Waals surface area contributed by atoms with Gasteiger partial charge in [-0.05, 0) is 18.9 Å². The van der Waals surface area contributed by atoms with Crippen molar-refractivity contribution in [3.63, 3.8) is 0 Å². The van der Waals surface area contributed by atoms with Crippen LogP contribution in [0.15, 0.2) is 16.6 Å². The first-order valence-corrected chi connectivity index (χ1v) is 7.65. The van der Waals surface area contributed by atoms with E-state index in [9.17, 15) is 14.9 Å². The number of amides is 1. The lowest BCUT2D eigenvalue weighted by Gasteiger charge is -2.30. The molecule has 6 heteroatoms. The molecule has 0 atom stereocenters. The minimum absolute atomic E-state index is 0.0426. The number of carbonyl (C=O) groups is 1. The Morgan fingerprint density at radius 1 is 1.25 bits per heavy atom. The van der Waals surface area contributed by atoms with Crippen molar-refractivity contribution in [2.24, 2.45) is 0 Å². The van der Waals surface area contributed by atoms with Crippen LogP contribution >= 0.6 is 15.9 Å². The SMILES string of the molecule is O=C1c2cc(Br)cc([N+](=O)[O-])c2CN1C1CCCCC1. The zero-order chi connectivity index (χ0) is 14.3. The summed E-state index contributed by atoms with van der Waals surface area (Å²) in [7, 11) is 0. The van der Waals surface area contributed by atoms with Crippen LogP contribution in [-0.2, 0) is 6.54 Å². The summed E-state index contributed by atoms with van der Waals surface area (Å²) in [6.45, 7) is 0.377. The van der Waals surface area contributed by atoms with Crippen LogP contribution in [0.1, 0.15) is 48.0 Å². The lowest BCUT2D eigenvalue weighted by Crippen LogP contribution is -2.36. The smallest absolute Gasteiger partial charge is 0.276 e. The molecule has 0 unspecified atom stereocenters. The Balaban J connectivity index is 1.97. The van der Waals surface area contributed by atoms with Gasteiger partial charge >= 0.3 is 0 Å². The Bertz CT molecular complexity index is 582. The number of carbonyl (C=O) groups excluding carboxylic acids is 1. The van der Waals surface area contributed by atoms with Gasteiger partial charge in [0.2, 0.25) is 0 Å². The van der Waals surface area contributed by atoms with Gasteiger partial charge in [0.25, 0.3) is 11.6 Å². The monoisotopic (exact) mass is 338 g/mol. The molecule has 1 fully saturated rings. The first-order chi connectivity index (χ1) is 9.58. The van der Waals surface area contributed by atoms with E-state index in [0.29, 0.717) is 22.1 Å². The molecule has 1 aromatic carbocycles. The summed E-state index contributed by atoms with van der Waals surface area (Å²) in [6.07, 6.45) is 5.51. The van der Waals surface area contributed by atoms with Crippen LogP contribution < -0.4 is 0 Å². The van der Waals surface area contributed by atoms with Gasteiger partial charge in [0.1, 0.15) is 0 Å². The highest BCUT2D eigenvalue weighted by Gasteiger charge is 2.37. The summed E-state index contributed by atoms with van der Waals surface area (Å²) in [5, 5.41) is 11.2. The number of benzene rings is 1. The zero-order valence-electron chi connectivity index (χ0n) is 11.0. The van der Waals surface area contributed by atoms with Crippen molar-refractivity contribution < 1.29 is 9.72 Å². The number of nitro groups is 1. The molecular formula is C14H15BrN2O3. The summed E-state index contributed by atoms with van der Waals surface area (Å²) in [6, 6.07) is 3.42. The molecule has 106 valence electrons. The summed E-state index contributed by atoms with van der Waals surface area (Å²) >= 11 is 3.25. The Labute approximate surface area is 125 Å². The Kier molecular flexibility index (Phi) is 3.50. The molecule has 5 nitrogen and oxygen atoms in total. The highest BCUT2D eigenvalue weighted by molar-refractivity contribution is 9.10. The van der Waals surface area contributed by atoms with Gasteiger partial charge in [-0.15, -0.1) is 0 Å². The molecule has 1 saturated carbocycles. The highest BCUT2D eigenvalue weighted by Crippen LogP contribution is 2.37. The van der Waals surface area contributed by atoms with E-state index in [1.807, 2.05) is 4.90 Å². The second-order valence-corrected chi connectivity index (χ2v) is 6.35. The van der Waals surface area contributed by atoms with Gasteiger partial charge in [0, 0.05) is 16.6 Å². The molecule has 1 amide bonds. The fraction of sp³-hybridized carbons (Fsp3) is 0.500. The van der Waals surface area contributed by atoms with Gasteiger partial charge in [0.15, 0.2) is 0 Å². The predicted molar refractivity (Wildman–Crippen MR) is 77.5 cm³/mol. The largest absolute Gasteiger partial charge is 0.331 e. The molecule has 0 N–H and O–H groups in total. The molecule has 1 aromatic rings. The highest BCUT2D eigenvalue weighted by atomic mass is 79.9. The maximum absolute atomic E-state index is 12.5. The Morgan fingerprint density at radius 3 is 2.60 bits per heavy atom. The zero-order valence-corrected chi connectivity index (χ0v) is 12.6.